The molecule has 0 aromatic carbocycles. The van der Waals surface area contributed by atoms with Gasteiger partial charge >= 0.3 is 5.97 Å². The summed E-state index contributed by atoms with van der Waals surface area (Å²) in [6, 6.07) is -4.62. The first-order chi connectivity index (χ1) is 13.1. The van der Waals surface area contributed by atoms with Crippen LogP contribution in [-0.2, 0) is 24.0 Å². The average Bonchev–Trinajstić information content (AvgIpc) is 2.65. The second kappa shape index (κ2) is 13.5. The molecule has 0 rings (SSSR count). The number of thiol groups is 3. The number of carboxylic acids is 1. The fraction of sp³-hybridized carbons (Fsp3) is 0.643. The van der Waals surface area contributed by atoms with Gasteiger partial charge in [0, 0.05) is 23.7 Å². The van der Waals surface area contributed by atoms with Gasteiger partial charge in [-0.05, 0) is 6.42 Å². The van der Waals surface area contributed by atoms with E-state index in [-0.39, 0.29) is 30.1 Å². The Balaban J connectivity index is 5.16. The molecule has 0 saturated heterocycles. The molecule has 0 bridgehead atoms. The van der Waals surface area contributed by atoms with Crippen molar-refractivity contribution in [1.29, 1.82) is 0 Å². The Morgan fingerprint density at radius 1 is 0.786 bits per heavy atom. The largest absolute Gasteiger partial charge is 0.480 e. The molecule has 0 heterocycles. The maximum absolute atomic E-state index is 12.5. The fourth-order valence-corrected chi connectivity index (χ4v) is 2.51. The molecule has 160 valence electrons. The molecular weight excluding hydrogens is 430 g/mol. The summed E-state index contributed by atoms with van der Waals surface area (Å²) in [6.07, 6.45) is -0.325. The second-order valence-electron chi connectivity index (χ2n) is 5.68. The Labute approximate surface area is 178 Å². The minimum absolute atomic E-state index is 0.0258. The van der Waals surface area contributed by atoms with Gasteiger partial charge in [-0.15, -0.1) is 0 Å². The van der Waals surface area contributed by atoms with Gasteiger partial charge < -0.3 is 32.5 Å². The molecule has 0 saturated carbocycles. The van der Waals surface area contributed by atoms with Gasteiger partial charge in [0.05, 0.1) is 6.04 Å². The molecule has 4 amide bonds. The number of aliphatic carboxylic acids is 1. The summed E-state index contributed by atoms with van der Waals surface area (Å²) in [4.78, 5) is 58.6. The molecule has 0 fully saturated rings. The van der Waals surface area contributed by atoms with Gasteiger partial charge in [0.2, 0.25) is 23.6 Å². The van der Waals surface area contributed by atoms with Crippen LogP contribution in [0.4, 0.5) is 0 Å². The molecule has 0 aromatic rings. The van der Waals surface area contributed by atoms with Crippen molar-refractivity contribution < 1.29 is 29.1 Å². The molecule has 8 N–H and O–H groups in total. The molecule has 0 aromatic heterocycles. The minimum Gasteiger partial charge on any atom is -0.480 e. The molecule has 0 aliphatic heterocycles. The highest BCUT2D eigenvalue weighted by atomic mass is 32.1. The summed E-state index contributed by atoms with van der Waals surface area (Å²) in [5, 5.41) is 15.9. The Morgan fingerprint density at radius 3 is 1.68 bits per heavy atom. The zero-order valence-electron chi connectivity index (χ0n) is 14.8. The van der Waals surface area contributed by atoms with Crippen molar-refractivity contribution in [1.82, 2.24) is 16.0 Å². The molecule has 0 spiro atoms. The van der Waals surface area contributed by atoms with Crippen LogP contribution in [0, 0.1) is 0 Å². The third-order valence-corrected chi connectivity index (χ3v) is 4.58. The van der Waals surface area contributed by atoms with Crippen LogP contribution in [0.1, 0.15) is 12.8 Å². The van der Waals surface area contributed by atoms with Crippen LogP contribution in [0.3, 0.4) is 0 Å². The number of hydrogen-bond acceptors (Lipinski definition) is 9. The molecule has 4 atom stereocenters. The van der Waals surface area contributed by atoms with Crippen molar-refractivity contribution in [2.45, 2.75) is 37.0 Å². The SMILES string of the molecule is NC(=O)CCC(NC(=O)C(N)CS)C(=O)NC(CS)C(=O)NC(CS)C(=O)O. The monoisotopic (exact) mass is 455 g/mol. The van der Waals surface area contributed by atoms with E-state index in [1.54, 1.807) is 0 Å². The summed E-state index contributed by atoms with van der Waals surface area (Å²) < 4.78 is 0. The lowest BCUT2D eigenvalue weighted by molar-refractivity contribution is -0.141. The molecule has 11 nitrogen and oxygen atoms in total. The number of rotatable bonds is 13. The number of nitrogens with two attached hydrogens (primary N) is 2. The number of nitrogens with one attached hydrogen (secondary N) is 3. The first-order valence-corrected chi connectivity index (χ1v) is 9.97. The highest BCUT2D eigenvalue weighted by Crippen LogP contribution is 2.01. The lowest BCUT2D eigenvalue weighted by Crippen LogP contribution is -2.58. The maximum atomic E-state index is 12.5. The summed E-state index contributed by atoms with van der Waals surface area (Å²) >= 11 is 11.7. The number of hydrogen-bond donors (Lipinski definition) is 9. The van der Waals surface area contributed by atoms with Crippen molar-refractivity contribution in [3.8, 4) is 0 Å². The second-order valence-corrected chi connectivity index (χ2v) is 6.78. The van der Waals surface area contributed by atoms with Gasteiger partial charge in [-0.1, -0.05) is 0 Å². The highest BCUT2D eigenvalue weighted by molar-refractivity contribution is 7.80. The van der Waals surface area contributed by atoms with Crippen LogP contribution >= 0.6 is 37.9 Å². The van der Waals surface area contributed by atoms with E-state index in [9.17, 15) is 24.0 Å². The fourth-order valence-electron chi connectivity index (χ4n) is 1.84. The average molecular weight is 456 g/mol. The Morgan fingerprint density at radius 2 is 1.25 bits per heavy atom. The standard InChI is InChI=1S/C14H25N5O6S3/c15-6(3-26)11(21)17-7(1-2-10(16)20)12(22)18-8(4-27)13(23)19-9(5-28)14(24)25/h6-9,26-28H,1-5,15H2,(H2,16,20)(H,17,21)(H,18,22)(H,19,23)(H,24,25). The molecular formula is C14H25N5O6S3. The van der Waals surface area contributed by atoms with E-state index in [1.165, 1.54) is 0 Å². The zero-order chi connectivity index (χ0) is 21.9. The number of primary amides is 1. The van der Waals surface area contributed by atoms with Gasteiger partial charge in [-0.2, -0.15) is 37.9 Å². The normalized spacial score (nSPS) is 14.9. The van der Waals surface area contributed by atoms with E-state index in [4.69, 9.17) is 16.6 Å². The van der Waals surface area contributed by atoms with Crippen LogP contribution in [0.2, 0.25) is 0 Å². The van der Waals surface area contributed by atoms with Gasteiger partial charge in [0.1, 0.15) is 18.1 Å². The molecule has 0 aliphatic carbocycles. The Bertz CT molecular complexity index is 594. The van der Waals surface area contributed by atoms with E-state index in [1.807, 2.05) is 0 Å². The van der Waals surface area contributed by atoms with Crippen molar-refractivity contribution in [2.75, 3.05) is 17.3 Å². The lowest BCUT2D eigenvalue weighted by Gasteiger charge is -2.23. The van der Waals surface area contributed by atoms with Crippen molar-refractivity contribution in [3.05, 3.63) is 0 Å². The van der Waals surface area contributed by atoms with Crippen molar-refractivity contribution in [2.24, 2.45) is 11.5 Å². The lowest BCUT2D eigenvalue weighted by atomic mass is 10.1. The Hall–Kier alpha value is -1.64. The van der Waals surface area contributed by atoms with E-state index >= 15 is 0 Å². The maximum Gasteiger partial charge on any atom is 0.327 e. The highest BCUT2D eigenvalue weighted by Gasteiger charge is 2.29. The van der Waals surface area contributed by atoms with Gasteiger partial charge in [0.15, 0.2) is 0 Å². The third kappa shape index (κ3) is 9.52. The van der Waals surface area contributed by atoms with Crippen LogP contribution in [0.25, 0.3) is 0 Å². The smallest absolute Gasteiger partial charge is 0.327 e. The zero-order valence-corrected chi connectivity index (χ0v) is 17.5. The van der Waals surface area contributed by atoms with E-state index < -0.39 is 53.8 Å². The predicted octanol–water partition coefficient (Wildman–Crippen LogP) is -3.09. The molecule has 0 aliphatic rings. The van der Waals surface area contributed by atoms with Crippen molar-refractivity contribution >= 4 is 67.5 Å². The summed E-state index contributed by atoms with van der Waals surface area (Å²) in [5.41, 5.74) is 10.6. The van der Waals surface area contributed by atoms with Gasteiger partial charge in [0.25, 0.3) is 0 Å². The van der Waals surface area contributed by atoms with E-state index in [2.05, 4.69) is 53.8 Å². The minimum atomic E-state index is -1.29. The Kier molecular flexibility index (Phi) is 12.7. The first-order valence-electron chi connectivity index (χ1n) is 8.07. The number of amides is 4. The third-order valence-electron chi connectivity index (χ3n) is 3.46. The summed E-state index contributed by atoms with van der Waals surface area (Å²) in [7, 11) is 0. The van der Waals surface area contributed by atoms with Gasteiger partial charge in [-0.25, -0.2) is 4.79 Å². The van der Waals surface area contributed by atoms with Crippen molar-refractivity contribution in [3.63, 3.8) is 0 Å². The molecule has 4 unspecified atom stereocenters. The van der Waals surface area contributed by atoms with E-state index in [0.29, 0.717) is 0 Å². The molecule has 14 heteroatoms. The quantitative estimate of drug-likeness (QED) is 0.131. The predicted molar refractivity (Wildman–Crippen MR) is 111 cm³/mol. The molecule has 0 radical (unpaired) electrons. The number of carbonyl (C=O) groups excluding carboxylic acids is 4. The topological polar surface area (TPSA) is 194 Å². The van der Waals surface area contributed by atoms with Gasteiger partial charge in [-0.3, -0.25) is 19.2 Å². The first kappa shape index (κ1) is 26.4. The van der Waals surface area contributed by atoms with Crippen LogP contribution in [-0.4, -0.2) is 76.1 Å². The number of carboxylic acid groups (broad SMARTS) is 1. The molecule has 28 heavy (non-hydrogen) atoms. The summed E-state index contributed by atoms with van der Waals surface area (Å²) in [6.45, 7) is 0. The van der Waals surface area contributed by atoms with E-state index in [0.717, 1.165) is 0 Å². The van der Waals surface area contributed by atoms with Crippen LogP contribution < -0.4 is 27.4 Å². The summed E-state index contributed by atoms with van der Waals surface area (Å²) in [5.74, 6) is -4.52. The number of carbonyl (C=O) groups is 5. The van der Waals surface area contributed by atoms with Crippen LogP contribution in [0.15, 0.2) is 0 Å². The van der Waals surface area contributed by atoms with Crippen LogP contribution in [0.5, 0.6) is 0 Å².